The second-order valence-corrected chi connectivity index (χ2v) is 5.62. The second kappa shape index (κ2) is 7.77. The van der Waals surface area contributed by atoms with Gasteiger partial charge in [0.25, 0.3) is 5.91 Å². The maximum Gasteiger partial charge on any atom is 0.329 e. The van der Waals surface area contributed by atoms with Crippen LogP contribution in [0, 0.1) is 0 Å². The van der Waals surface area contributed by atoms with Crippen LogP contribution in [0.1, 0.15) is 12.7 Å². The highest BCUT2D eigenvalue weighted by molar-refractivity contribution is 6.15. The predicted molar refractivity (Wildman–Crippen MR) is 95.6 cm³/mol. The first-order chi connectivity index (χ1) is 13.0. The van der Waals surface area contributed by atoms with E-state index in [1.807, 2.05) is 31.2 Å². The highest BCUT2D eigenvalue weighted by atomic mass is 16.5. The Labute approximate surface area is 155 Å². The molecule has 0 spiro atoms. The SMILES string of the molecule is CCOc1ccc(-c2ccc(C=C3NC(=O)N(CC(=O)OC)C3=O)o2)cc1. The van der Waals surface area contributed by atoms with Gasteiger partial charge in [0.05, 0.1) is 13.7 Å². The molecule has 1 aromatic heterocycles. The molecule has 1 fully saturated rings. The number of hydrogen-bond donors (Lipinski definition) is 1. The van der Waals surface area contributed by atoms with Crippen LogP contribution < -0.4 is 10.1 Å². The van der Waals surface area contributed by atoms with Crippen LogP contribution in [0.25, 0.3) is 17.4 Å². The van der Waals surface area contributed by atoms with E-state index >= 15 is 0 Å². The molecule has 2 aromatic rings. The van der Waals surface area contributed by atoms with Crippen LogP contribution in [0.5, 0.6) is 5.75 Å². The summed E-state index contributed by atoms with van der Waals surface area (Å²) < 4.78 is 15.6. The minimum absolute atomic E-state index is 0.0245. The van der Waals surface area contributed by atoms with E-state index in [9.17, 15) is 14.4 Å². The van der Waals surface area contributed by atoms with Gasteiger partial charge >= 0.3 is 12.0 Å². The van der Waals surface area contributed by atoms with Gasteiger partial charge in [0.1, 0.15) is 29.5 Å². The molecule has 8 nitrogen and oxygen atoms in total. The number of urea groups is 1. The topological polar surface area (TPSA) is 98.1 Å². The Kier molecular flexibility index (Phi) is 5.25. The number of rotatable bonds is 6. The molecule has 1 aromatic carbocycles. The lowest BCUT2D eigenvalue weighted by Crippen LogP contribution is -2.36. The maximum atomic E-state index is 12.3. The molecule has 0 bridgehead atoms. The fraction of sp³-hybridized carbons (Fsp3) is 0.211. The Bertz CT molecular complexity index is 897. The number of nitrogens with zero attached hydrogens (tertiary/aromatic N) is 1. The highest BCUT2D eigenvalue weighted by Crippen LogP contribution is 2.26. The molecule has 140 valence electrons. The van der Waals surface area contributed by atoms with Crippen LogP contribution in [-0.2, 0) is 14.3 Å². The molecule has 2 heterocycles. The van der Waals surface area contributed by atoms with Crippen molar-refractivity contribution in [1.29, 1.82) is 0 Å². The van der Waals surface area contributed by atoms with E-state index in [4.69, 9.17) is 9.15 Å². The van der Waals surface area contributed by atoms with Gasteiger partial charge in [-0.15, -0.1) is 0 Å². The zero-order valence-electron chi connectivity index (χ0n) is 14.9. The number of nitrogens with one attached hydrogen (secondary N) is 1. The van der Waals surface area contributed by atoms with Crippen molar-refractivity contribution in [2.75, 3.05) is 20.3 Å². The van der Waals surface area contributed by atoms with Crippen LogP contribution in [0.15, 0.2) is 46.5 Å². The van der Waals surface area contributed by atoms with E-state index in [0.29, 0.717) is 18.1 Å². The third-order valence-electron chi connectivity index (χ3n) is 3.84. The highest BCUT2D eigenvalue weighted by Gasteiger charge is 2.35. The smallest absolute Gasteiger partial charge is 0.329 e. The predicted octanol–water partition coefficient (Wildman–Crippen LogP) is 2.41. The van der Waals surface area contributed by atoms with Gasteiger partial charge in [0, 0.05) is 11.6 Å². The number of furan rings is 1. The van der Waals surface area contributed by atoms with Gasteiger partial charge in [0.2, 0.25) is 0 Å². The average molecular weight is 370 g/mol. The van der Waals surface area contributed by atoms with Crippen molar-refractivity contribution in [2.45, 2.75) is 6.92 Å². The van der Waals surface area contributed by atoms with E-state index in [-0.39, 0.29) is 5.70 Å². The summed E-state index contributed by atoms with van der Waals surface area (Å²) in [5, 5.41) is 2.42. The fourth-order valence-corrected chi connectivity index (χ4v) is 2.52. The first-order valence-electron chi connectivity index (χ1n) is 8.26. The summed E-state index contributed by atoms with van der Waals surface area (Å²) >= 11 is 0. The molecule has 0 unspecified atom stereocenters. The van der Waals surface area contributed by atoms with Crippen molar-refractivity contribution < 1.29 is 28.3 Å². The van der Waals surface area contributed by atoms with E-state index in [2.05, 4.69) is 10.1 Å². The molecule has 0 atom stereocenters. The van der Waals surface area contributed by atoms with Gasteiger partial charge in [-0.1, -0.05) is 0 Å². The minimum Gasteiger partial charge on any atom is -0.494 e. The van der Waals surface area contributed by atoms with Crippen molar-refractivity contribution in [1.82, 2.24) is 10.2 Å². The average Bonchev–Trinajstić information content (AvgIpc) is 3.23. The van der Waals surface area contributed by atoms with E-state index < -0.39 is 24.5 Å². The number of carbonyl (C=O) groups is 3. The van der Waals surface area contributed by atoms with E-state index in [1.165, 1.54) is 13.2 Å². The molecule has 0 radical (unpaired) electrons. The first-order valence-corrected chi connectivity index (χ1v) is 8.26. The number of imide groups is 1. The Balaban J connectivity index is 1.76. The third-order valence-corrected chi connectivity index (χ3v) is 3.84. The lowest BCUT2D eigenvalue weighted by molar-refractivity contribution is -0.143. The number of amides is 3. The van der Waals surface area contributed by atoms with Crippen molar-refractivity contribution in [3.63, 3.8) is 0 Å². The van der Waals surface area contributed by atoms with Crippen molar-refractivity contribution in [3.05, 3.63) is 47.9 Å². The molecule has 0 aliphatic carbocycles. The van der Waals surface area contributed by atoms with Crippen LogP contribution in [-0.4, -0.2) is 43.1 Å². The number of benzene rings is 1. The van der Waals surface area contributed by atoms with Gasteiger partial charge in [-0.25, -0.2) is 9.69 Å². The Morgan fingerprint density at radius 2 is 1.93 bits per heavy atom. The standard InChI is InChI=1S/C19H18N2O6/c1-3-26-13-6-4-12(5-7-13)16-9-8-14(27-16)10-15-18(23)21(19(24)20-15)11-17(22)25-2/h4-10H,3,11H2,1-2H3,(H,20,24). The van der Waals surface area contributed by atoms with Gasteiger partial charge in [0.15, 0.2) is 0 Å². The lowest BCUT2D eigenvalue weighted by atomic mass is 10.2. The molecule has 27 heavy (non-hydrogen) atoms. The summed E-state index contributed by atoms with van der Waals surface area (Å²) in [4.78, 5) is 36.2. The van der Waals surface area contributed by atoms with Crippen molar-refractivity contribution in [3.8, 4) is 17.1 Å². The molecule has 1 aliphatic heterocycles. The number of ether oxygens (including phenoxy) is 2. The summed E-state index contributed by atoms with van der Waals surface area (Å²) in [6.07, 6.45) is 1.41. The zero-order chi connectivity index (χ0) is 19.4. The van der Waals surface area contributed by atoms with E-state index in [0.717, 1.165) is 16.2 Å². The fourth-order valence-electron chi connectivity index (χ4n) is 2.52. The normalized spacial score (nSPS) is 15.2. The van der Waals surface area contributed by atoms with Gasteiger partial charge < -0.3 is 19.2 Å². The van der Waals surface area contributed by atoms with Gasteiger partial charge in [-0.3, -0.25) is 9.59 Å². The third kappa shape index (κ3) is 4.00. The molecule has 3 amide bonds. The van der Waals surface area contributed by atoms with Gasteiger partial charge in [-0.2, -0.15) is 0 Å². The van der Waals surface area contributed by atoms with Crippen LogP contribution in [0.4, 0.5) is 4.79 Å². The Morgan fingerprint density at radius 3 is 2.59 bits per heavy atom. The molecular weight excluding hydrogens is 352 g/mol. The molecule has 1 aliphatic rings. The number of methoxy groups -OCH3 is 1. The molecule has 8 heteroatoms. The maximum absolute atomic E-state index is 12.3. The largest absolute Gasteiger partial charge is 0.494 e. The van der Waals surface area contributed by atoms with Gasteiger partial charge in [-0.05, 0) is 43.3 Å². The second-order valence-electron chi connectivity index (χ2n) is 5.62. The Hall–Kier alpha value is -3.55. The quantitative estimate of drug-likeness (QED) is 0.476. The molecule has 1 N–H and O–H groups in total. The minimum atomic E-state index is -0.685. The summed E-state index contributed by atoms with van der Waals surface area (Å²) in [5.74, 6) is 0.454. The number of carbonyl (C=O) groups excluding carboxylic acids is 3. The summed E-state index contributed by atoms with van der Waals surface area (Å²) in [7, 11) is 1.18. The lowest BCUT2D eigenvalue weighted by Gasteiger charge is -2.08. The Morgan fingerprint density at radius 1 is 1.19 bits per heavy atom. The summed E-state index contributed by atoms with van der Waals surface area (Å²) in [5.41, 5.74) is 0.869. The van der Waals surface area contributed by atoms with Crippen molar-refractivity contribution in [2.24, 2.45) is 0 Å². The monoisotopic (exact) mass is 370 g/mol. The zero-order valence-corrected chi connectivity index (χ0v) is 14.9. The molecule has 1 saturated heterocycles. The molecular formula is C19H18N2O6. The summed E-state index contributed by atoms with van der Waals surface area (Å²) in [6.45, 7) is 2.05. The first kappa shape index (κ1) is 18.2. The van der Waals surface area contributed by atoms with Crippen molar-refractivity contribution >= 4 is 24.0 Å². The van der Waals surface area contributed by atoms with Crippen LogP contribution in [0.3, 0.4) is 0 Å². The van der Waals surface area contributed by atoms with Crippen LogP contribution >= 0.6 is 0 Å². The number of hydrogen-bond acceptors (Lipinski definition) is 6. The van der Waals surface area contributed by atoms with Crippen LogP contribution in [0.2, 0.25) is 0 Å². The summed E-state index contributed by atoms with van der Waals surface area (Å²) in [6, 6.07) is 10.2. The van der Waals surface area contributed by atoms with E-state index in [1.54, 1.807) is 12.1 Å². The molecule has 0 saturated carbocycles. The molecule has 3 rings (SSSR count). The number of esters is 1.